The SMILES string of the molecule is C/C=C/CCc1cc(F)c(C#Cc2cc(F)c(C#Cc3ccc4c(F)c(F)c(F)cc4c3)c(F)c2)c(F)c1. The van der Waals surface area contributed by atoms with Crippen LogP contribution in [0.25, 0.3) is 10.8 Å². The van der Waals surface area contributed by atoms with Gasteiger partial charge >= 0.3 is 0 Å². The standard InChI is InChI=1S/C31H17F7/c1-2-3-4-5-19-13-25(32)24(26(33)14-19)11-8-20-15-27(34)23(28(35)16-20)10-7-18-6-9-22-21(12-18)17-29(36)31(38)30(22)37/h2-3,6,9,12-17H,4-5H2,1H3/b3-2+. The smallest absolute Gasteiger partial charge is 0.195 e. The molecule has 0 heterocycles. The van der Waals surface area contributed by atoms with Gasteiger partial charge in [0, 0.05) is 16.5 Å². The van der Waals surface area contributed by atoms with Crippen LogP contribution >= 0.6 is 0 Å². The van der Waals surface area contributed by atoms with Gasteiger partial charge in [-0.15, -0.1) is 0 Å². The lowest BCUT2D eigenvalue weighted by Crippen LogP contribution is -1.96. The summed E-state index contributed by atoms with van der Waals surface area (Å²) in [5, 5.41) is -0.157. The molecular weight excluding hydrogens is 505 g/mol. The van der Waals surface area contributed by atoms with Gasteiger partial charge in [0.05, 0.1) is 11.1 Å². The predicted molar refractivity (Wildman–Crippen MR) is 132 cm³/mol. The lowest BCUT2D eigenvalue weighted by Gasteiger charge is -2.03. The van der Waals surface area contributed by atoms with Crippen molar-refractivity contribution >= 4 is 10.8 Å². The second-order valence-electron chi connectivity index (χ2n) is 8.28. The Morgan fingerprint density at radius 1 is 0.605 bits per heavy atom. The molecule has 4 aromatic rings. The van der Waals surface area contributed by atoms with Gasteiger partial charge in [0.2, 0.25) is 0 Å². The lowest BCUT2D eigenvalue weighted by molar-refractivity contribution is 0.453. The second-order valence-corrected chi connectivity index (χ2v) is 8.28. The van der Waals surface area contributed by atoms with Crippen LogP contribution in [0.3, 0.4) is 0 Å². The Hall–Kier alpha value is -4.49. The topological polar surface area (TPSA) is 0 Å². The molecule has 0 saturated carbocycles. The molecule has 0 radical (unpaired) electrons. The van der Waals surface area contributed by atoms with Crippen LogP contribution in [-0.2, 0) is 6.42 Å². The lowest BCUT2D eigenvalue weighted by atomic mass is 10.0. The number of allylic oxidation sites excluding steroid dienone is 2. The molecule has 4 aromatic carbocycles. The number of rotatable bonds is 3. The third kappa shape index (κ3) is 5.74. The van der Waals surface area contributed by atoms with E-state index in [-0.39, 0.29) is 21.9 Å². The first kappa shape index (κ1) is 26.6. The van der Waals surface area contributed by atoms with Gasteiger partial charge in [0.25, 0.3) is 0 Å². The van der Waals surface area contributed by atoms with Crippen molar-refractivity contribution in [2.75, 3.05) is 0 Å². The summed E-state index contributed by atoms with van der Waals surface area (Å²) in [5.41, 5.74) is -0.660. The number of fused-ring (bicyclic) bond motifs is 1. The summed E-state index contributed by atoms with van der Waals surface area (Å²) in [5.74, 6) is 1.22. The number of hydrogen-bond donors (Lipinski definition) is 0. The number of hydrogen-bond acceptors (Lipinski definition) is 0. The highest BCUT2D eigenvalue weighted by molar-refractivity contribution is 5.84. The minimum atomic E-state index is -1.61. The van der Waals surface area contributed by atoms with Crippen molar-refractivity contribution in [2.45, 2.75) is 19.8 Å². The van der Waals surface area contributed by atoms with Gasteiger partial charge in [-0.3, -0.25) is 0 Å². The molecule has 7 heteroatoms. The van der Waals surface area contributed by atoms with Crippen molar-refractivity contribution < 1.29 is 30.7 Å². The van der Waals surface area contributed by atoms with E-state index in [2.05, 4.69) is 23.7 Å². The maximum absolute atomic E-state index is 14.6. The van der Waals surface area contributed by atoms with E-state index in [9.17, 15) is 30.7 Å². The molecule has 0 fully saturated rings. The molecule has 4 rings (SSSR count). The normalized spacial score (nSPS) is 10.8. The molecule has 0 atom stereocenters. The van der Waals surface area contributed by atoms with Gasteiger partial charge in [-0.25, -0.2) is 30.7 Å². The van der Waals surface area contributed by atoms with E-state index in [4.69, 9.17) is 0 Å². The van der Waals surface area contributed by atoms with Crippen LogP contribution in [0, 0.1) is 64.4 Å². The summed E-state index contributed by atoms with van der Waals surface area (Å²) in [6.45, 7) is 1.84. The van der Waals surface area contributed by atoms with Gasteiger partial charge in [-0.1, -0.05) is 41.9 Å². The quantitative estimate of drug-likeness (QED) is 0.110. The van der Waals surface area contributed by atoms with E-state index in [1.54, 1.807) is 0 Å². The Kier molecular flexibility index (Phi) is 7.88. The molecule has 0 aliphatic rings. The van der Waals surface area contributed by atoms with Crippen molar-refractivity contribution in [3.8, 4) is 23.7 Å². The van der Waals surface area contributed by atoms with Crippen LogP contribution in [0.5, 0.6) is 0 Å². The number of halogens is 7. The molecule has 0 spiro atoms. The molecule has 0 aliphatic carbocycles. The summed E-state index contributed by atoms with van der Waals surface area (Å²) in [6.07, 6.45) is 4.76. The monoisotopic (exact) mass is 522 g/mol. The average molecular weight is 522 g/mol. The zero-order valence-electron chi connectivity index (χ0n) is 19.8. The van der Waals surface area contributed by atoms with Crippen molar-refractivity contribution in [2.24, 2.45) is 0 Å². The van der Waals surface area contributed by atoms with Crippen LogP contribution in [-0.4, -0.2) is 0 Å². The number of aryl methyl sites for hydroxylation is 1. The maximum atomic E-state index is 14.6. The van der Waals surface area contributed by atoms with E-state index in [1.165, 1.54) is 30.3 Å². The molecule has 0 aromatic heterocycles. The van der Waals surface area contributed by atoms with Crippen molar-refractivity contribution in [3.05, 3.63) is 129 Å². The zero-order valence-corrected chi connectivity index (χ0v) is 19.8. The molecule has 38 heavy (non-hydrogen) atoms. The van der Waals surface area contributed by atoms with Gasteiger partial charge in [0.1, 0.15) is 23.3 Å². The molecule has 0 aliphatic heterocycles. The van der Waals surface area contributed by atoms with Gasteiger partial charge in [-0.2, -0.15) is 0 Å². The van der Waals surface area contributed by atoms with Gasteiger partial charge in [0.15, 0.2) is 17.5 Å². The molecule has 0 N–H and O–H groups in total. The van der Waals surface area contributed by atoms with Gasteiger partial charge in [-0.05, 0) is 73.2 Å². The third-order valence-electron chi connectivity index (χ3n) is 5.62. The highest BCUT2D eigenvalue weighted by Gasteiger charge is 2.14. The molecule has 0 bridgehead atoms. The highest BCUT2D eigenvalue weighted by atomic mass is 19.2. The summed E-state index contributed by atoms with van der Waals surface area (Å²) in [4.78, 5) is 0. The molecule has 0 nitrogen and oxygen atoms in total. The fourth-order valence-electron chi connectivity index (χ4n) is 3.72. The first-order chi connectivity index (χ1) is 18.2. The predicted octanol–water partition coefficient (Wildman–Crippen LogP) is 8.12. The Morgan fingerprint density at radius 2 is 1.18 bits per heavy atom. The van der Waals surface area contributed by atoms with Crippen LogP contribution < -0.4 is 0 Å². The average Bonchev–Trinajstić information content (AvgIpc) is 2.86. The summed E-state index contributed by atoms with van der Waals surface area (Å²) < 4.78 is 98.7. The van der Waals surface area contributed by atoms with E-state index in [0.29, 0.717) is 18.4 Å². The van der Waals surface area contributed by atoms with Crippen molar-refractivity contribution in [3.63, 3.8) is 0 Å². The minimum Gasteiger partial charge on any atom is -0.206 e. The highest BCUT2D eigenvalue weighted by Crippen LogP contribution is 2.24. The van der Waals surface area contributed by atoms with Crippen molar-refractivity contribution in [1.29, 1.82) is 0 Å². The third-order valence-corrected chi connectivity index (χ3v) is 5.62. The summed E-state index contributed by atoms with van der Waals surface area (Å²) in [7, 11) is 0. The summed E-state index contributed by atoms with van der Waals surface area (Å²) >= 11 is 0. The van der Waals surface area contributed by atoms with Crippen molar-refractivity contribution in [1.82, 2.24) is 0 Å². The maximum Gasteiger partial charge on any atom is 0.195 e. The largest absolute Gasteiger partial charge is 0.206 e. The molecule has 0 saturated heterocycles. The van der Waals surface area contributed by atoms with E-state index in [1.807, 2.05) is 19.1 Å². The van der Waals surface area contributed by atoms with Crippen LogP contribution in [0.4, 0.5) is 30.7 Å². The first-order valence-electron chi connectivity index (χ1n) is 11.4. The molecule has 0 unspecified atom stereocenters. The number of benzene rings is 4. The minimum absolute atomic E-state index is 0.0186. The zero-order chi connectivity index (χ0) is 27.4. The van der Waals surface area contributed by atoms with Crippen LogP contribution in [0.15, 0.2) is 60.7 Å². The van der Waals surface area contributed by atoms with E-state index in [0.717, 1.165) is 18.2 Å². The van der Waals surface area contributed by atoms with Crippen LogP contribution in [0.2, 0.25) is 0 Å². The fraction of sp³-hybridized carbons (Fsp3) is 0.0968. The van der Waals surface area contributed by atoms with Crippen LogP contribution in [0.1, 0.15) is 41.2 Å². The Morgan fingerprint density at radius 3 is 1.79 bits per heavy atom. The Labute approximate surface area is 214 Å². The van der Waals surface area contributed by atoms with E-state index >= 15 is 0 Å². The van der Waals surface area contributed by atoms with Gasteiger partial charge < -0.3 is 0 Å². The molecule has 0 amide bonds. The van der Waals surface area contributed by atoms with E-state index < -0.39 is 51.8 Å². The first-order valence-corrected chi connectivity index (χ1v) is 11.4. The molecule has 190 valence electrons. The Bertz CT molecular complexity index is 1660. The summed E-state index contributed by atoms with van der Waals surface area (Å²) in [6, 6.07) is 8.58. The fourth-order valence-corrected chi connectivity index (χ4v) is 3.72. The second kappa shape index (κ2) is 11.3. The molecular formula is C31H17F7. The Balaban J connectivity index is 1.60.